The van der Waals surface area contributed by atoms with E-state index in [9.17, 15) is 4.39 Å². The summed E-state index contributed by atoms with van der Waals surface area (Å²) in [4.78, 5) is 0. The van der Waals surface area contributed by atoms with Gasteiger partial charge in [-0.05, 0) is 13.0 Å². The highest BCUT2D eigenvalue weighted by Gasteiger charge is 2.22. The van der Waals surface area contributed by atoms with E-state index in [-0.39, 0.29) is 5.92 Å². The van der Waals surface area contributed by atoms with Crippen LogP contribution in [0.25, 0.3) is 0 Å². The van der Waals surface area contributed by atoms with Crippen molar-refractivity contribution in [1.29, 1.82) is 0 Å². The number of hydrogen-bond donors (Lipinski definition) is 1. The monoisotopic (exact) mass is 195 g/mol. The van der Waals surface area contributed by atoms with Crippen molar-refractivity contribution in [2.75, 3.05) is 18.4 Å². The van der Waals surface area contributed by atoms with Crippen molar-refractivity contribution in [2.24, 2.45) is 5.92 Å². The molecule has 1 rings (SSSR count). The quantitative estimate of drug-likeness (QED) is 0.657. The third-order valence-electron chi connectivity index (χ3n) is 1.76. The Morgan fingerprint density at radius 1 is 1.78 bits per heavy atom. The van der Waals surface area contributed by atoms with Crippen molar-refractivity contribution in [1.82, 2.24) is 5.32 Å². The van der Waals surface area contributed by atoms with Crippen molar-refractivity contribution in [3.05, 3.63) is 0 Å². The Morgan fingerprint density at radius 3 is 3.00 bits per heavy atom. The molecule has 54 valence electrons. The Bertz CT molecular complexity index is 83.1. The molecule has 0 bridgehead atoms. The number of alkyl halides is 2. The Kier molecular flexibility index (Phi) is 2.92. The third-order valence-corrected chi connectivity index (χ3v) is 2.38. The molecular formula is C6H11BrFN. The van der Waals surface area contributed by atoms with E-state index in [2.05, 4.69) is 21.2 Å². The van der Waals surface area contributed by atoms with Gasteiger partial charge in [0.25, 0.3) is 0 Å². The molecule has 1 heterocycles. The van der Waals surface area contributed by atoms with Gasteiger partial charge in [0.05, 0.1) is 0 Å². The van der Waals surface area contributed by atoms with Gasteiger partial charge in [0.2, 0.25) is 0 Å². The fourth-order valence-electron chi connectivity index (χ4n) is 1.11. The fraction of sp³-hybridized carbons (Fsp3) is 1.00. The predicted octanol–water partition coefficient (Wildman–Crippen LogP) is 1.33. The van der Waals surface area contributed by atoms with Crippen LogP contribution in [0.5, 0.6) is 0 Å². The summed E-state index contributed by atoms with van der Waals surface area (Å²) in [6.07, 6.45) is 0.340. The highest BCUT2D eigenvalue weighted by atomic mass is 79.9. The molecule has 1 aliphatic heterocycles. The van der Waals surface area contributed by atoms with Crippen LogP contribution in [0.2, 0.25) is 0 Å². The lowest BCUT2D eigenvalue weighted by Crippen LogP contribution is -2.19. The maximum absolute atomic E-state index is 12.8. The number of nitrogens with one attached hydrogen (secondary N) is 1. The number of hydrogen-bond acceptors (Lipinski definition) is 1. The average molecular weight is 196 g/mol. The van der Waals surface area contributed by atoms with Gasteiger partial charge < -0.3 is 5.32 Å². The van der Waals surface area contributed by atoms with Gasteiger partial charge in [-0.25, -0.2) is 4.39 Å². The largest absolute Gasteiger partial charge is 0.316 e. The molecule has 9 heavy (non-hydrogen) atoms. The Morgan fingerprint density at radius 2 is 2.56 bits per heavy atom. The van der Waals surface area contributed by atoms with Gasteiger partial charge in [-0.2, -0.15) is 0 Å². The van der Waals surface area contributed by atoms with Crippen LogP contribution in [0, 0.1) is 5.92 Å². The van der Waals surface area contributed by atoms with Gasteiger partial charge in [-0.15, -0.1) is 0 Å². The van der Waals surface area contributed by atoms with E-state index >= 15 is 0 Å². The molecule has 0 aromatic rings. The molecule has 2 atom stereocenters. The minimum Gasteiger partial charge on any atom is -0.316 e. The first-order valence-corrected chi connectivity index (χ1v) is 4.37. The van der Waals surface area contributed by atoms with E-state index in [0.717, 1.165) is 19.5 Å². The van der Waals surface area contributed by atoms with Crippen LogP contribution in [0.15, 0.2) is 0 Å². The van der Waals surface area contributed by atoms with Crippen LogP contribution in [0.3, 0.4) is 0 Å². The highest BCUT2D eigenvalue weighted by Crippen LogP contribution is 2.16. The van der Waals surface area contributed by atoms with Gasteiger partial charge in [-0.3, -0.25) is 0 Å². The summed E-state index contributed by atoms with van der Waals surface area (Å²) in [5, 5.41) is 3.61. The molecule has 0 spiro atoms. The van der Waals surface area contributed by atoms with Crippen LogP contribution >= 0.6 is 15.9 Å². The molecule has 0 aromatic carbocycles. The molecule has 1 aliphatic rings. The molecule has 0 aliphatic carbocycles. The smallest absolute Gasteiger partial charge is 0.114 e. The maximum atomic E-state index is 12.8. The van der Waals surface area contributed by atoms with Gasteiger partial charge in [0.15, 0.2) is 0 Å². The lowest BCUT2D eigenvalue weighted by atomic mass is 10.1. The van der Waals surface area contributed by atoms with Gasteiger partial charge >= 0.3 is 0 Å². The highest BCUT2D eigenvalue weighted by molar-refractivity contribution is 9.09. The van der Waals surface area contributed by atoms with Crippen molar-refractivity contribution in [2.45, 2.75) is 12.6 Å². The fourth-order valence-corrected chi connectivity index (χ4v) is 1.64. The zero-order valence-electron chi connectivity index (χ0n) is 5.24. The summed E-state index contributed by atoms with van der Waals surface area (Å²) in [6.45, 7) is 1.84. The maximum Gasteiger partial charge on any atom is 0.114 e. The summed E-state index contributed by atoms with van der Waals surface area (Å²) in [7, 11) is 0. The van der Waals surface area contributed by atoms with Crippen molar-refractivity contribution < 1.29 is 4.39 Å². The standard InChI is InChI=1S/C6H11BrFN/c7-3-6(8)5-1-2-9-4-5/h5-6,9H,1-4H2. The second-order valence-electron chi connectivity index (χ2n) is 2.42. The van der Waals surface area contributed by atoms with Gasteiger partial charge in [0.1, 0.15) is 6.17 Å². The second-order valence-corrected chi connectivity index (χ2v) is 3.07. The summed E-state index contributed by atoms with van der Waals surface area (Å²) in [5.41, 5.74) is 0. The topological polar surface area (TPSA) is 12.0 Å². The van der Waals surface area contributed by atoms with Crippen molar-refractivity contribution >= 4 is 15.9 Å². The molecule has 0 radical (unpaired) electrons. The Labute approximate surface area is 63.1 Å². The van der Waals surface area contributed by atoms with Crippen molar-refractivity contribution in [3.63, 3.8) is 0 Å². The first kappa shape index (κ1) is 7.48. The molecule has 1 N–H and O–H groups in total. The molecule has 3 heteroatoms. The first-order valence-electron chi connectivity index (χ1n) is 3.25. The van der Waals surface area contributed by atoms with Crippen LogP contribution in [-0.2, 0) is 0 Å². The zero-order chi connectivity index (χ0) is 6.69. The van der Waals surface area contributed by atoms with Crippen LogP contribution in [0.1, 0.15) is 6.42 Å². The van der Waals surface area contributed by atoms with E-state index < -0.39 is 6.17 Å². The predicted molar refractivity (Wildman–Crippen MR) is 39.7 cm³/mol. The van der Waals surface area contributed by atoms with E-state index in [1.54, 1.807) is 0 Å². The SMILES string of the molecule is FC(CBr)C1CCNC1. The summed E-state index contributed by atoms with van der Waals surface area (Å²) in [6, 6.07) is 0. The molecule has 2 unspecified atom stereocenters. The van der Waals surface area contributed by atoms with E-state index in [0.29, 0.717) is 5.33 Å². The molecular weight excluding hydrogens is 185 g/mol. The second kappa shape index (κ2) is 3.52. The van der Waals surface area contributed by atoms with Crippen LogP contribution in [0.4, 0.5) is 4.39 Å². The Hall–Kier alpha value is 0.370. The van der Waals surface area contributed by atoms with Crippen molar-refractivity contribution in [3.8, 4) is 0 Å². The van der Waals surface area contributed by atoms with E-state index in [4.69, 9.17) is 0 Å². The average Bonchev–Trinajstić information content (AvgIpc) is 2.37. The van der Waals surface area contributed by atoms with Crippen LogP contribution < -0.4 is 5.32 Å². The summed E-state index contributed by atoms with van der Waals surface area (Å²) >= 11 is 3.12. The lowest BCUT2D eigenvalue weighted by molar-refractivity contribution is 0.271. The van der Waals surface area contributed by atoms with Crippen LogP contribution in [-0.4, -0.2) is 24.6 Å². The minimum atomic E-state index is -0.653. The summed E-state index contributed by atoms with van der Waals surface area (Å²) < 4.78 is 12.8. The number of rotatable bonds is 2. The molecule has 0 aromatic heterocycles. The lowest BCUT2D eigenvalue weighted by Gasteiger charge is -2.09. The Balaban J connectivity index is 2.24. The molecule has 1 saturated heterocycles. The van der Waals surface area contributed by atoms with Gasteiger partial charge in [0, 0.05) is 17.8 Å². The third kappa shape index (κ3) is 1.90. The van der Waals surface area contributed by atoms with E-state index in [1.807, 2.05) is 0 Å². The minimum absolute atomic E-state index is 0.254. The molecule has 0 amide bonds. The zero-order valence-corrected chi connectivity index (χ0v) is 6.83. The molecule has 1 nitrogen and oxygen atoms in total. The first-order chi connectivity index (χ1) is 4.34. The number of halogens is 2. The summed E-state index contributed by atoms with van der Waals surface area (Å²) in [5.74, 6) is 0.254. The van der Waals surface area contributed by atoms with Gasteiger partial charge in [-0.1, -0.05) is 15.9 Å². The molecule has 0 saturated carbocycles. The molecule has 1 fully saturated rings. The normalized spacial score (nSPS) is 30.7. The van der Waals surface area contributed by atoms with E-state index in [1.165, 1.54) is 0 Å².